The van der Waals surface area contributed by atoms with Crippen LogP contribution in [-0.4, -0.2) is 22.3 Å². The molecule has 0 aliphatic heterocycles. The van der Waals surface area contributed by atoms with E-state index in [0.717, 1.165) is 16.6 Å². The van der Waals surface area contributed by atoms with Crippen molar-refractivity contribution in [3.63, 3.8) is 0 Å². The summed E-state index contributed by atoms with van der Waals surface area (Å²) in [5.41, 5.74) is 8.72. The number of hydrogen-bond acceptors (Lipinski definition) is 5. The zero-order chi connectivity index (χ0) is 13.2. The number of methoxy groups -OCH3 is 1. The van der Waals surface area contributed by atoms with Gasteiger partial charge in [0.05, 0.1) is 18.2 Å². The van der Waals surface area contributed by atoms with E-state index in [2.05, 4.69) is 15.2 Å². The fraction of sp³-hybridized carbons (Fsp3) is 0.0714. The molecule has 19 heavy (non-hydrogen) atoms. The minimum atomic E-state index is 0.503. The van der Waals surface area contributed by atoms with Gasteiger partial charge in [-0.1, -0.05) is 12.1 Å². The largest absolute Gasteiger partial charge is 0.496 e. The summed E-state index contributed by atoms with van der Waals surface area (Å²) in [4.78, 5) is 4.49. The van der Waals surface area contributed by atoms with E-state index in [1.807, 2.05) is 24.3 Å². The van der Waals surface area contributed by atoms with E-state index in [4.69, 9.17) is 10.5 Å². The van der Waals surface area contributed by atoms with Crippen molar-refractivity contribution in [2.75, 3.05) is 12.8 Å². The second-order valence-electron chi connectivity index (χ2n) is 4.08. The van der Waals surface area contributed by atoms with Crippen molar-refractivity contribution < 1.29 is 4.74 Å². The lowest BCUT2D eigenvalue weighted by Crippen LogP contribution is -1.97. The normalized spacial score (nSPS) is 10.6. The van der Waals surface area contributed by atoms with Crippen molar-refractivity contribution in [3.05, 3.63) is 42.5 Å². The van der Waals surface area contributed by atoms with Crippen LogP contribution in [0.1, 0.15) is 0 Å². The molecule has 0 aliphatic carbocycles. The second kappa shape index (κ2) is 4.53. The molecular formula is C14H12N4O. The Bertz CT molecular complexity index is 742. The average molecular weight is 252 g/mol. The van der Waals surface area contributed by atoms with Gasteiger partial charge in [-0.2, -0.15) is 0 Å². The van der Waals surface area contributed by atoms with E-state index in [0.29, 0.717) is 17.3 Å². The van der Waals surface area contributed by atoms with Crippen molar-refractivity contribution >= 4 is 16.7 Å². The van der Waals surface area contributed by atoms with E-state index in [-0.39, 0.29) is 0 Å². The zero-order valence-electron chi connectivity index (χ0n) is 10.4. The number of para-hydroxylation sites is 1. The van der Waals surface area contributed by atoms with Gasteiger partial charge >= 0.3 is 0 Å². The van der Waals surface area contributed by atoms with Gasteiger partial charge in [0.25, 0.3) is 0 Å². The van der Waals surface area contributed by atoms with Crippen molar-refractivity contribution in [2.45, 2.75) is 0 Å². The summed E-state index contributed by atoms with van der Waals surface area (Å²) >= 11 is 0. The molecule has 0 fully saturated rings. The van der Waals surface area contributed by atoms with E-state index >= 15 is 0 Å². The Labute approximate surface area is 110 Å². The van der Waals surface area contributed by atoms with Crippen LogP contribution in [0.4, 0.5) is 5.69 Å². The number of ether oxygens (including phenoxy) is 1. The maximum atomic E-state index is 5.80. The van der Waals surface area contributed by atoms with Gasteiger partial charge in [0.15, 0.2) is 5.82 Å². The molecule has 0 unspecified atom stereocenters. The summed E-state index contributed by atoms with van der Waals surface area (Å²) in [5.74, 6) is 1.18. The minimum Gasteiger partial charge on any atom is -0.496 e. The third kappa shape index (κ3) is 2.06. The molecule has 0 amide bonds. The first-order valence-electron chi connectivity index (χ1n) is 5.81. The molecule has 2 aromatic carbocycles. The molecular weight excluding hydrogens is 240 g/mol. The fourth-order valence-electron chi connectivity index (χ4n) is 1.90. The van der Waals surface area contributed by atoms with Crippen LogP contribution in [0, 0.1) is 0 Å². The van der Waals surface area contributed by atoms with Gasteiger partial charge in [-0.15, -0.1) is 10.2 Å². The van der Waals surface area contributed by atoms with Crippen LogP contribution < -0.4 is 10.5 Å². The number of nitrogen functional groups attached to an aromatic ring is 1. The number of anilines is 1. The van der Waals surface area contributed by atoms with Gasteiger partial charge < -0.3 is 10.5 Å². The Balaban J connectivity index is 2.21. The average Bonchev–Trinajstić information content (AvgIpc) is 2.46. The summed E-state index contributed by atoms with van der Waals surface area (Å²) in [6, 6.07) is 12.9. The maximum Gasteiger partial charge on any atom is 0.186 e. The van der Waals surface area contributed by atoms with Crippen molar-refractivity contribution in [1.29, 1.82) is 0 Å². The van der Waals surface area contributed by atoms with E-state index in [9.17, 15) is 0 Å². The molecule has 0 radical (unpaired) electrons. The van der Waals surface area contributed by atoms with Crippen molar-refractivity contribution in [2.24, 2.45) is 0 Å². The smallest absolute Gasteiger partial charge is 0.186 e. The van der Waals surface area contributed by atoms with Crippen LogP contribution in [0.25, 0.3) is 22.4 Å². The molecule has 0 saturated heterocycles. The number of benzene rings is 2. The summed E-state index contributed by atoms with van der Waals surface area (Å²) in [7, 11) is 1.60. The molecule has 0 spiro atoms. The predicted octanol–water partition coefficient (Wildman–Crippen LogP) is 2.28. The zero-order valence-corrected chi connectivity index (χ0v) is 10.4. The summed E-state index contributed by atoms with van der Waals surface area (Å²) in [6.07, 6.45) is 0. The van der Waals surface area contributed by atoms with Crippen LogP contribution in [0.15, 0.2) is 42.5 Å². The van der Waals surface area contributed by atoms with Crippen LogP contribution in [0.3, 0.4) is 0 Å². The van der Waals surface area contributed by atoms with Gasteiger partial charge in [-0.05, 0) is 30.3 Å². The van der Waals surface area contributed by atoms with Gasteiger partial charge in [-0.3, -0.25) is 0 Å². The lowest BCUT2D eigenvalue weighted by Gasteiger charge is -2.08. The predicted molar refractivity (Wildman–Crippen MR) is 73.7 cm³/mol. The molecule has 1 heterocycles. The lowest BCUT2D eigenvalue weighted by molar-refractivity contribution is 0.416. The van der Waals surface area contributed by atoms with Crippen LogP contribution in [0.2, 0.25) is 0 Å². The Morgan fingerprint density at radius 2 is 1.79 bits per heavy atom. The highest BCUT2D eigenvalue weighted by Crippen LogP contribution is 2.29. The fourth-order valence-corrected chi connectivity index (χ4v) is 1.90. The number of nitrogens with two attached hydrogens (primary N) is 1. The summed E-state index contributed by atoms with van der Waals surface area (Å²) in [5, 5.41) is 8.28. The quantitative estimate of drug-likeness (QED) is 0.708. The standard InChI is InChI=1S/C14H12N4O/c1-19-13-7-6-9(15)8-10(13)14-16-11-4-2-3-5-12(11)17-18-14/h2-8H,15H2,1H3. The van der Waals surface area contributed by atoms with Crippen LogP contribution in [-0.2, 0) is 0 Å². The first kappa shape index (κ1) is 11.4. The number of nitrogens with zero attached hydrogens (tertiary/aromatic N) is 3. The highest BCUT2D eigenvalue weighted by atomic mass is 16.5. The summed E-state index contributed by atoms with van der Waals surface area (Å²) in [6.45, 7) is 0. The monoisotopic (exact) mass is 252 g/mol. The molecule has 5 heteroatoms. The second-order valence-corrected chi connectivity index (χ2v) is 4.08. The van der Waals surface area contributed by atoms with E-state index in [1.165, 1.54) is 0 Å². The van der Waals surface area contributed by atoms with E-state index in [1.54, 1.807) is 25.3 Å². The number of fused-ring (bicyclic) bond motifs is 1. The first-order valence-corrected chi connectivity index (χ1v) is 5.81. The highest BCUT2D eigenvalue weighted by molar-refractivity contribution is 5.77. The third-order valence-electron chi connectivity index (χ3n) is 2.82. The molecule has 94 valence electrons. The topological polar surface area (TPSA) is 73.9 Å². The molecule has 3 aromatic rings. The molecule has 0 saturated carbocycles. The number of rotatable bonds is 2. The maximum absolute atomic E-state index is 5.80. The molecule has 3 rings (SSSR count). The molecule has 2 N–H and O–H groups in total. The van der Waals surface area contributed by atoms with Gasteiger partial charge in [-0.25, -0.2) is 4.98 Å². The summed E-state index contributed by atoms with van der Waals surface area (Å²) < 4.78 is 5.30. The highest BCUT2D eigenvalue weighted by Gasteiger charge is 2.10. The van der Waals surface area contributed by atoms with Crippen LogP contribution in [0.5, 0.6) is 5.75 Å². The number of hydrogen-bond donors (Lipinski definition) is 1. The number of aromatic nitrogens is 3. The van der Waals surface area contributed by atoms with Gasteiger partial charge in [0.2, 0.25) is 0 Å². The Morgan fingerprint density at radius 1 is 1.00 bits per heavy atom. The van der Waals surface area contributed by atoms with Gasteiger partial charge in [0.1, 0.15) is 11.3 Å². The first-order chi connectivity index (χ1) is 9.28. The molecule has 0 aliphatic rings. The molecule has 0 bridgehead atoms. The molecule has 1 aromatic heterocycles. The Kier molecular flexibility index (Phi) is 2.72. The van der Waals surface area contributed by atoms with Crippen molar-refractivity contribution in [3.8, 4) is 17.1 Å². The van der Waals surface area contributed by atoms with Crippen molar-refractivity contribution in [1.82, 2.24) is 15.2 Å². The Morgan fingerprint density at radius 3 is 2.58 bits per heavy atom. The molecule has 5 nitrogen and oxygen atoms in total. The van der Waals surface area contributed by atoms with Gasteiger partial charge in [0, 0.05) is 5.69 Å². The lowest BCUT2D eigenvalue weighted by atomic mass is 10.1. The van der Waals surface area contributed by atoms with E-state index < -0.39 is 0 Å². The Hall–Kier alpha value is -2.69. The molecule has 0 atom stereocenters. The third-order valence-corrected chi connectivity index (χ3v) is 2.82. The minimum absolute atomic E-state index is 0.503. The van der Waals surface area contributed by atoms with Crippen LogP contribution >= 0.6 is 0 Å². The SMILES string of the molecule is COc1ccc(N)cc1-c1nnc2ccccc2n1.